The average Bonchev–Trinajstić information content (AvgIpc) is 3.36. The summed E-state index contributed by atoms with van der Waals surface area (Å²) in [6.45, 7) is 2.14. The van der Waals surface area contributed by atoms with Crippen molar-refractivity contribution < 1.29 is 18.3 Å². The number of aliphatic hydroxyl groups excluding tert-OH is 1. The van der Waals surface area contributed by atoms with Crippen LogP contribution in [0.15, 0.2) is 47.5 Å². The first-order valence-electron chi connectivity index (χ1n) is 10.1. The van der Waals surface area contributed by atoms with Crippen molar-refractivity contribution in [1.29, 1.82) is 0 Å². The van der Waals surface area contributed by atoms with Crippen LogP contribution in [0.4, 0.5) is 13.2 Å². The van der Waals surface area contributed by atoms with Gasteiger partial charge in [0.05, 0.1) is 28.9 Å². The number of hydrogen-bond donors (Lipinski definition) is 1. The average molecular weight is 468 g/mol. The predicted molar refractivity (Wildman–Crippen MR) is 113 cm³/mol. The van der Waals surface area contributed by atoms with E-state index in [-0.39, 0.29) is 23.1 Å². The molecule has 0 radical (unpaired) electrons. The Balaban J connectivity index is 1.73. The second-order valence-corrected chi connectivity index (χ2v) is 8.09. The van der Waals surface area contributed by atoms with Crippen LogP contribution in [0.1, 0.15) is 18.4 Å². The molecule has 1 saturated heterocycles. The van der Waals surface area contributed by atoms with Crippen LogP contribution in [-0.2, 0) is 12.7 Å². The molecule has 1 atom stereocenters. The smallest absolute Gasteiger partial charge is 0.390 e. The van der Waals surface area contributed by atoms with Gasteiger partial charge in [-0.25, -0.2) is 14.0 Å². The van der Waals surface area contributed by atoms with Gasteiger partial charge in [0.25, 0.3) is 0 Å². The third-order valence-corrected chi connectivity index (χ3v) is 5.66. The molecule has 4 rings (SSSR count). The van der Waals surface area contributed by atoms with Gasteiger partial charge in [-0.2, -0.15) is 13.2 Å². The highest BCUT2D eigenvalue weighted by molar-refractivity contribution is 6.33. The van der Waals surface area contributed by atoms with Crippen molar-refractivity contribution in [2.45, 2.75) is 31.7 Å². The van der Waals surface area contributed by atoms with E-state index in [2.05, 4.69) is 15.0 Å². The van der Waals surface area contributed by atoms with Crippen LogP contribution < -0.4 is 5.69 Å². The quantitative estimate of drug-likeness (QED) is 0.602. The number of aromatic nitrogens is 4. The Morgan fingerprint density at radius 2 is 1.78 bits per heavy atom. The van der Waals surface area contributed by atoms with Crippen LogP contribution in [0.2, 0.25) is 5.02 Å². The fraction of sp³-hybridized carbons (Fsp3) is 0.381. The summed E-state index contributed by atoms with van der Waals surface area (Å²) in [7, 11) is 0. The van der Waals surface area contributed by atoms with Crippen LogP contribution >= 0.6 is 11.6 Å². The summed E-state index contributed by atoms with van der Waals surface area (Å²) in [4.78, 5) is 19.2. The molecule has 1 unspecified atom stereocenters. The van der Waals surface area contributed by atoms with Gasteiger partial charge in [0, 0.05) is 24.5 Å². The van der Waals surface area contributed by atoms with Gasteiger partial charge in [-0.1, -0.05) is 11.6 Å². The molecule has 7 nitrogen and oxygen atoms in total. The topological polar surface area (TPSA) is 76.2 Å². The minimum absolute atomic E-state index is 0.0569. The van der Waals surface area contributed by atoms with Gasteiger partial charge in [-0.3, -0.25) is 4.98 Å². The van der Waals surface area contributed by atoms with Crippen molar-refractivity contribution in [3.8, 4) is 17.1 Å². The minimum atomic E-state index is -4.50. The summed E-state index contributed by atoms with van der Waals surface area (Å²) in [5.74, 6) is 0.149. The van der Waals surface area contributed by atoms with E-state index >= 15 is 0 Å². The molecule has 1 aliphatic heterocycles. The lowest BCUT2D eigenvalue weighted by molar-refractivity contribution is -0.137. The maximum absolute atomic E-state index is 13.2. The summed E-state index contributed by atoms with van der Waals surface area (Å²) in [6, 6.07) is 5.78. The number of halogens is 4. The Morgan fingerprint density at radius 1 is 1.09 bits per heavy atom. The van der Waals surface area contributed by atoms with Crippen molar-refractivity contribution in [3.05, 3.63) is 63.8 Å². The number of likely N-dealkylation sites (tertiary alicyclic amines) is 1. The number of benzene rings is 1. The summed E-state index contributed by atoms with van der Waals surface area (Å²) in [5.41, 5.74) is -0.822. The summed E-state index contributed by atoms with van der Waals surface area (Å²) >= 11 is 6.25. The van der Waals surface area contributed by atoms with Gasteiger partial charge in [-0.15, -0.1) is 5.10 Å². The predicted octanol–water partition coefficient (Wildman–Crippen LogP) is 3.22. The number of alkyl halides is 3. The zero-order valence-corrected chi connectivity index (χ0v) is 17.7. The molecule has 0 spiro atoms. The first-order chi connectivity index (χ1) is 15.2. The number of β-amino-alcohol motifs (C(OH)–C–C–N with tert-alkyl or cyclic N) is 1. The van der Waals surface area contributed by atoms with E-state index in [4.69, 9.17) is 11.6 Å². The Labute approximate surface area is 186 Å². The fourth-order valence-electron chi connectivity index (χ4n) is 3.81. The van der Waals surface area contributed by atoms with Crippen molar-refractivity contribution in [2.75, 3.05) is 19.6 Å². The van der Waals surface area contributed by atoms with Gasteiger partial charge in [0.15, 0.2) is 5.82 Å². The number of rotatable bonds is 6. The largest absolute Gasteiger partial charge is 0.416 e. The molecular formula is C21H21ClF3N5O2. The molecule has 0 saturated carbocycles. The maximum Gasteiger partial charge on any atom is 0.416 e. The second-order valence-electron chi connectivity index (χ2n) is 7.69. The van der Waals surface area contributed by atoms with Gasteiger partial charge in [0.1, 0.15) is 0 Å². The van der Waals surface area contributed by atoms with Crippen molar-refractivity contribution >= 4 is 11.6 Å². The molecule has 2 aromatic heterocycles. The molecule has 0 bridgehead atoms. The number of hydrogen-bond acceptors (Lipinski definition) is 5. The monoisotopic (exact) mass is 467 g/mol. The van der Waals surface area contributed by atoms with Crippen LogP contribution in [0.5, 0.6) is 0 Å². The van der Waals surface area contributed by atoms with Gasteiger partial charge in [-0.05, 0) is 56.3 Å². The normalized spacial score (nSPS) is 15.9. The van der Waals surface area contributed by atoms with E-state index in [9.17, 15) is 23.1 Å². The summed E-state index contributed by atoms with van der Waals surface area (Å²) in [6.07, 6.45) is -0.323. The zero-order chi connectivity index (χ0) is 22.9. The van der Waals surface area contributed by atoms with Gasteiger partial charge in [0.2, 0.25) is 0 Å². The lowest BCUT2D eigenvalue weighted by Gasteiger charge is -2.18. The molecule has 3 aromatic rings. The highest BCUT2D eigenvalue weighted by Gasteiger charge is 2.30. The van der Waals surface area contributed by atoms with Crippen LogP contribution in [0.3, 0.4) is 0 Å². The number of aliphatic hydroxyl groups is 1. The molecule has 1 N–H and O–H groups in total. The molecule has 3 heterocycles. The first kappa shape index (κ1) is 22.5. The van der Waals surface area contributed by atoms with E-state index in [0.717, 1.165) is 42.7 Å². The standard InChI is InChI=1S/C21H21ClF3N5O2/c22-18-11-26-8-7-17(18)19-27-29(13-16(31)12-28-9-1-2-10-28)20(32)30(19)15-5-3-14(4-6-15)21(23,24)25/h3-8,11,16,31H,1-2,9-10,12-13H2. The molecule has 0 aliphatic carbocycles. The van der Waals surface area contributed by atoms with E-state index in [1.54, 1.807) is 6.07 Å². The molecule has 170 valence electrons. The van der Waals surface area contributed by atoms with Crippen LogP contribution in [-0.4, -0.2) is 55.1 Å². The molecule has 1 aliphatic rings. The van der Waals surface area contributed by atoms with Gasteiger partial charge < -0.3 is 10.0 Å². The maximum atomic E-state index is 13.2. The minimum Gasteiger partial charge on any atom is -0.390 e. The molecule has 1 aromatic carbocycles. The van der Waals surface area contributed by atoms with Crippen LogP contribution in [0, 0.1) is 0 Å². The highest BCUT2D eigenvalue weighted by atomic mass is 35.5. The SMILES string of the molecule is O=c1n(CC(O)CN2CCCC2)nc(-c2ccncc2Cl)n1-c1ccc(C(F)(F)F)cc1. The summed E-state index contributed by atoms with van der Waals surface area (Å²) in [5, 5.41) is 15.1. The Kier molecular flexibility index (Phi) is 6.36. The molecule has 32 heavy (non-hydrogen) atoms. The van der Waals surface area contributed by atoms with E-state index < -0.39 is 23.5 Å². The summed E-state index contributed by atoms with van der Waals surface area (Å²) < 4.78 is 41.2. The second kappa shape index (κ2) is 9.05. The Morgan fingerprint density at radius 3 is 2.41 bits per heavy atom. The number of nitrogens with zero attached hydrogens (tertiary/aromatic N) is 5. The molecule has 1 fully saturated rings. The van der Waals surface area contributed by atoms with E-state index in [0.29, 0.717) is 12.1 Å². The number of pyridine rings is 1. The highest BCUT2D eigenvalue weighted by Crippen LogP contribution is 2.31. The van der Waals surface area contributed by atoms with Crippen molar-refractivity contribution in [1.82, 2.24) is 24.2 Å². The van der Waals surface area contributed by atoms with Crippen molar-refractivity contribution in [2.24, 2.45) is 0 Å². The van der Waals surface area contributed by atoms with Crippen LogP contribution in [0.25, 0.3) is 17.1 Å². The van der Waals surface area contributed by atoms with Crippen molar-refractivity contribution in [3.63, 3.8) is 0 Å². The van der Waals surface area contributed by atoms with E-state index in [1.165, 1.54) is 29.1 Å². The Hall–Kier alpha value is -2.69. The first-order valence-corrected chi connectivity index (χ1v) is 10.5. The van der Waals surface area contributed by atoms with E-state index in [1.807, 2.05) is 0 Å². The molecule has 11 heteroatoms. The fourth-order valence-corrected chi connectivity index (χ4v) is 4.01. The third kappa shape index (κ3) is 4.72. The Bertz CT molecular complexity index is 1140. The lowest BCUT2D eigenvalue weighted by atomic mass is 10.2. The zero-order valence-electron chi connectivity index (χ0n) is 17.0. The third-order valence-electron chi connectivity index (χ3n) is 5.36. The molecular weight excluding hydrogens is 447 g/mol. The molecule has 0 amide bonds. The van der Waals surface area contributed by atoms with Gasteiger partial charge >= 0.3 is 11.9 Å². The lowest BCUT2D eigenvalue weighted by Crippen LogP contribution is -2.36.